The van der Waals surface area contributed by atoms with Crippen LogP contribution in [0.4, 0.5) is 13.2 Å². The van der Waals surface area contributed by atoms with Crippen LogP contribution < -0.4 is 0 Å². The standard InChI is InChI=1S/C23H18F3NO2/c24-15-5-3-4-14(10-15)23(22(29)13-28)27-12-19(18-6-1-2-7-21(18)27)17-9-8-16(25)11-20(17)26/h1-12,22-23,28-29H,13H2/t22-,23+/m1/s1. The molecule has 2 N–H and O–H groups in total. The highest BCUT2D eigenvalue weighted by Crippen LogP contribution is 2.36. The Kier molecular flexibility index (Phi) is 5.13. The lowest BCUT2D eigenvalue weighted by atomic mass is 10.0. The van der Waals surface area contributed by atoms with E-state index in [0.717, 1.165) is 6.07 Å². The fraction of sp³-hybridized carbons (Fsp3) is 0.130. The Morgan fingerprint density at radius 1 is 0.828 bits per heavy atom. The Morgan fingerprint density at radius 3 is 2.31 bits per heavy atom. The molecule has 2 atom stereocenters. The topological polar surface area (TPSA) is 45.4 Å². The average Bonchev–Trinajstić information content (AvgIpc) is 3.07. The molecule has 3 aromatic carbocycles. The second-order valence-corrected chi connectivity index (χ2v) is 6.84. The molecular formula is C23H18F3NO2. The third-order valence-electron chi connectivity index (χ3n) is 5.00. The van der Waals surface area contributed by atoms with Gasteiger partial charge < -0.3 is 14.8 Å². The molecule has 0 amide bonds. The number of fused-ring (bicyclic) bond motifs is 1. The van der Waals surface area contributed by atoms with E-state index in [-0.39, 0.29) is 5.56 Å². The van der Waals surface area contributed by atoms with Crippen molar-refractivity contribution in [3.8, 4) is 11.1 Å². The molecule has 3 nitrogen and oxygen atoms in total. The number of para-hydroxylation sites is 1. The first-order chi connectivity index (χ1) is 14.0. The van der Waals surface area contributed by atoms with E-state index in [1.807, 2.05) is 0 Å². The van der Waals surface area contributed by atoms with Crippen LogP contribution >= 0.6 is 0 Å². The van der Waals surface area contributed by atoms with E-state index in [1.165, 1.54) is 30.3 Å². The molecule has 6 heteroatoms. The van der Waals surface area contributed by atoms with Crippen LogP contribution in [0.1, 0.15) is 11.6 Å². The van der Waals surface area contributed by atoms with E-state index in [9.17, 15) is 23.4 Å². The van der Waals surface area contributed by atoms with Crippen LogP contribution in [-0.4, -0.2) is 27.5 Å². The van der Waals surface area contributed by atoms with Gasteiger partial charge in [-0.3, -0.25) is 0 Å². The van der Waals surface area contributed by atoms with Crippen LogP contribution in [0, 0.1) is 17.5 Å². The third kappa shape index (κ3) is 3.52. The molecule has 0 saturated heterocycles. The van der Waals surface area contributed by atoms with Gasteiger partial charge in [0.1, 0.15) is 23.6 Å². The largest absolute Gasteiger partial charge is 0.394 e. The Hall–Kier alpha value is -3.09. The predicted octanol–water partition coefficient (Wildman–Crippen LogP) is 4.67. The Labute approximate surface area is 165 Å². The van der Waals surface area contributed by atoms with Crippen LogP contribution in [0.2, 0.25) is 0 Å². The van der Waals surface area contributed by atoms with E-state index in [1.54, 1.807) is 41.1 Å². The summed E-state index contributed by atoms with van der Waals surface area (Å²) >= 11 is 0. The minimum atomic E-state index is -1.22. The molecule has 148 valence electrons. The highest BCUT2D eigenvalue weighted by molar-refractivity contribution is 5.96. The van der Waals surface area contributed by atoms with Crippen molar-refractivity contribution in [2.75, 3.05) is 6.61 Å². The Balaban J connectivity index is 1.97. The molecule has 4 aromatic rings. The lowest BCUT2D eigenvalue weighted by molar-refractivity contribution is 0.0653. The molecule has 29 heavy (non-hydrogen) atoms. The summed E-state index contributed by atoms with van der Waals surface area (Å²) in [4.78, 5) is 0. The first-order valence-electron chi connectivity index (χ1n) is 9.09. The maximum atomic E-state index is 14.5. The number of rotatable bonds is 5. The van der Waals surface area contributed by atoms with Gasteiger partial charge in [-0.2, -0.15) is 0 Å². The zero-order valence-electron chi connectivity index (χ0n) is 15.3. The first-order valence-corrected chi connectivity index (χ1v) is 9.09. The van der Waals surface area contributed by atoms with Crippen molar-refractivity contribution >= 4 is 10.9 Å². The number of aliphatic hydroxyl groups excluding tert-OH is 2. The van der Waals surface area contributed by atoms with Gasteiger partial charge in [-0.05, 0) is 35.9 Å². The summed E-state index contributed by atoms with van der Waals surface area (Å²) in [6, 6.07) is 15.5. The second-order valence-electron chi connectivity index (χ2n) is 6.84. The van der Waals surface area contributed by atoms with Gasteiger partial charge in [-0.25, -0.2) is 13.2 Å². The smallest absolute Gasteiger partial charge is 0.134 e. The molecule has 0 radical (unpaired) electrons. The van der Waals surface area contributed by atoms with Gasteiger partial charge in [0.2, 0.25) is 0 Å². The van der Waals surface area contributed by atoms with E-state index in [2.05, 4.69) is 0 Å². The van der Waals surface area contributed by atoms with E-state index < -0.39 is 36.2 Å². The third-order valence-corrected chi connectivity index (χ3v) is 5.00. The number of hydrogen-bond acceptors (Lipinski definition) is 2. The lowest BCUT2D eigenvalue weighted by Crippen LogP contribution is -2.28. The van der Waals surface area contributed by atoms with Crippen molar-refractivity contribution in [1.29, 1.82) is 0 Å². The van der Waals surface area contributed by atoms with E-state index in [0.29, 0.717) is 22.0 Å². The Morgan fingerprint density at radius 2 is 1.59 bits per heavy atom. The van der Waals surface area contributed by atoms with Gasteiger partial charge in [-0.15, -0.1) is 0 Å². The molecule has 0 fully saturated rings. The summed E-state index contributed by atoms with van der Waals surface area (Å²) in [5.41, 5.74) is 1.83. The van der Waals surface area contributed by atoms with E-state index in [4.69, 9.17) is 0 Å². The van der Waals surface area contributed by atoms with Crippen LogP contribution in [0.15, 0.2) is 72.9 Å². The average molecular weight is 397 g/mol. The maximum absolute atomic E-state index is 14.5. The quantitative estimate of drug-likeness (QED) is 0.514. The number of halogens is 3. The normalized spacial score (nSPS) is 13.6. The molecule has 0 aliphatic carbocycles. The van der Waals surface area contributed by atoms with Gasteiger partial charge >= 0.3 is 0 Å². The minimum absolute atomic E-state index is 0.206. The fourth-order valence-corrected chi connectivity index (χ4v) is 3.72. The molecule has 1 aromatic heterocycles. The van der Waals surface area contributed by atoms with Crippen molar-refractivity contribution in [3.63, 3.8) is 0 Å². The zero-order chi connectivity index (χ0) is 20.5. The highest BCUT2D eigenvalue weighted by atomic mass is 19.1. The van der Waals surface area contributed by atoms with Crippen molar-refractivity contribution in [2.45, 2.75) is 12.1 Å². The predicted molar refractivity (Wildman–Crippen MR) is 105 cm³/mol. The summed E-state index contributed by atoms with van der Waals surface area (Å²) < 4.78 is 43.4. The fourth-order valence-electron chi connectivity index (χ4n) is 3.72. The van der Waals surface area contributed by atoms with Gasteiger partial charge in [0, 0.05) is 34.3 Å². The number of nitrogens with zero attached hydrogens (tertiary/aromatic N) is 1. The van der Waals surface area contributed by atoms with Crippen LogP contribution in [0.5, 0.6) is 0 Å². The SMILES string of the molecule is OC[C@@H](O)[C@H](c1cccc(F)c1)n1cc(-c2ccc(F)cc2F)c2ccccc21. The molecule has 0 bridgehead atoms. The van der Waals surface area contributed by atoms with Gasteiger partial charge in [-0.1, -0.05) is 30.3 Å². The number of benzene rings is 3. The summed E-state index contributed by atoms with van der Waals surface area (Å²) in [5, 5.41) is 20.8. The van der Waals surface area contributed by atoms with Crippen molar-refractivity contribution in [1.82, 2.24) is 4.57 Å². The van der Waals surface area contributed by atoms with Crippen molar-refractivity contribution in [3.05, 3.63) is 95.9 Å². The lowest BCUT2D eigenvalue weighted by Gasteiger charge is -2.25. The van der Waals surface area contributed by atoms with Crippen molar-refractivity contribution < 1.29 is 23.4 Å². The highest BCUT2D eigenvalue weighted by Gasteiger charge is 2.26. The Bertz CT molecular complexity index is 1170. The maximum Gasteiger partial charge on any atom is 0.134 e. The summed E-state index contributed by atoms with van der Waals surface area (Å²) in [7, 11) is 0. The van der Waals surface area contributed by atoms with E-state index >= 15 is 0 Å². The molecule has 0 aliphatic heterocycles. The van der Waals surface area contributed by atoms with Gasteiger partial charge in [0.05, 0.1) is 12.6 Å². The summed E-state index contributed by atoms with van der Waals surface area (Å²) in [6.07, 6.45) is 0.411. The second kappa shape index (κ2) is 7.73. The zero-order valence-corrected chi connectivity index (χ0v) is 15.3. The molecular weight excluding hydrogens is 379 g/mol. The molecule has 1 heterocycles. The molecule has 0 spiro atoms. The van der Waals surface area contributed by atoms with Gasteiger partial charge in [0.15, 0.2) is 0 Å². The summed E-state index contributed by atoms with van der Waals surface area (Å²) in [6.45, 7) is -0.548. The first kappa shape index (κ1) is 19.2. The molecule has 0 saturated carbocycles. The molecule has 0 unspecified atom stereocenters. The van der Waals surface area contributed by atoms with Crippen molar-refractivity contribution in [2.24, 2.45) is 0 Å². The van der Waals surface area contributed by atoms with Crippen LogP contribution in [0.3, 0.4) is 0 Å². The van der Waals surface area contributed by atoms with Crippen LogP contribution in [-0.2, 0) is 0 Å². The molecule has 4 rings (SSSR count). The molecule has 0 aliphatic rings. The van der Waals surface area contributed by atoms with Crippen LogP contribution in [0.25, 0.3) is 22.0 Å². The summed E-state index contributed by atoms with van der Waals surface area (Å²) in [5.74, 6) is -1.86. The number of aromatic nitrogens is 1. The number of hydrogen-bond donors (Lipinski definition) is 2. The van der Waals surface area contributed by atoms with Gasteiger partial charge in [0.25, 0.3) is 0 Å². The minimum Gasteiger partial charge on any atom is -0.394 e. The monoisotopic (exact) mass is 397 g/mol. The number of aliphatic hydroxyl groups is 2.